The molecular formula is C25H25FLiN7O3S. The number of hydrogen-bond donors (Lipinski definition) is 3. The smallest absolute Gasteiger partial charge is 0.550 e. The molecule has 13 heteroatoms. The number of benzene rings is 1. The number of aromatic nitrogens is 2. The standard InChI is InChI=1S/C25H26FN7O3S.Li/c1-2-28-24(36)32-25(18-13-27-9-6-16(18)23(34)35)31-10-7-21(26)33(25)15-11-17(19-5-3-4-8-29-19)22-20(12-15)30-14-37-22;/h3-5,7-8,10-12,14,16,18,27H,2,6,9,13H2,1H3,(H,34,35)(H2,28,32,36);/q;+1/p-1. The fraction of sp³-hybridized carbons (Fsp3) is 0.320. The van der Waals surface area contributed by atoms with Crippen LogP contribution in [0.15, 0.2) is 59.1 Å². The minimum Gasteiger partial charge on any atom is -0.550 e. The number of amides is 2. The summed E-state index contributed by atoms with van der Waals surface area (Å²) in [6.45, 7) is 2.67. The van der Waals surface area contributed by atoms with Crippen molar-refractivity contribution in [2.24, 2.45) is 16.8 Å². The van der Waals surface area contributed by atoms with Crippen LogP contribution in [0.2, 0.25) is 0 Å². The van der Waals surface area contributed by atoms with Gasteiger partial charge in [0, 0.05) is 54.9 Å². The number of carboxylic acid groups (broad SMARTS) is 1. The monoisotopic (exact) mass is 529 g/mol. The summed E-state index contributed by atoms with van der Waals surface area (Å²) in [5, 5.41) is 20.8. The third kappa shape index (κ3) is 5.04. The summed E-state index contributed by atoms with van der Waals surface area (Å²) in [5.74, 6) is -5.66. The Labute approximate surface area is 234 Å². The number of piperidine rings is 1. The van der Waals surface area contributed by atoms with Crippen LogP contribution < -0.4 is 44.8 Å². The Morgan fingerprint density at radius 2 is 2.16 bits per heavy atom. The van der Waals surface area contributed by atoms with Crippen LogP contribution in [-0.2, 0) is 4.79 Å². The molecule has 2 aliphatic rings. The van der Waals surface area contributed by atoms with Gasteiger partial charge in [-0.1, -0.05) is 6.07 Å². The van der Waals surface area contributed by atoms with Gasteiger partial charge in [0.1, 0.15) is 0 Å². The summed E-state index contributed by atoms with van der Waals surface area (Å²) < 4.78 is 16.8. The predicted molar refractivity (Wildman–Crippen MR) is 137 cm³/mol. The maximum Gasteiger partial charge on any atom is 1.00 e. The maximum atomic E-state index is 15.9. The molecule has 2 aromatic heterocycles. The molecule has 1 saturated heterocycles. The minimum absolute atomic E-state index is 0. The topological polar surface area (TPSA) is 135 Å². The van der Waals surface area contributed by atoms with Crippen molar-refractivity contribution in [1.29, 1.82) is 0 Å². The molecule has 192 valence electrons. The molecule has 2 amide bonds. The number of nitrogens with zero attached hydrogens (tertiary/aromatic N) is 4. The van der Waals surface area contributed by atoms with Crippen molar-refractivity contribution in [3.8, 4) is 11.3 Å². The summed E-state index contributed by atoms with van der Waals surface area (Å²) in [6, 6.07) is 8.35. The van der Waals surface area contributed by atoms with Crippen molar-refractivity contribution in [3.63, 3.8) is 0 Å². The van der Waals surface area contributed by atoms with Crippen LogP contribution in [0.1, 0.15) is 13.3 Å². The van der Waals surface area contributed by atoms with Crippen molar-refractivity contribution in [3.05, 3.63) is 54.1 Å². The van der Waals surface area contributed by atoms with Gasteiger partial charge in [-0.2, -0.15) is 4.39 Å². The fourth-order valence-corrected chi connectivity index (χ4v) is 5.80. The zero-order valence-electron chi connectivity index (χ0n) is 21.0. The van der Waals surface area contributed by atoms with Crippen molar-refractivity contribution in [2.45, 2.75) is 19.1 Å². The first kappa shape index (κ1) is 27.7. The second-order valence-electron chi connectivity index (χ2n) is 8.75. The molecule has 3 atom stereocenters. The van der Waals surface area contributed by atoms with Gasteiger partial charge in [-0.05, 0) is 44.2 Å². The number of allylic oxidation sites excluding steroid dienone is 1. The van der Waals surface area contributed by atoms with Crippen LogP contribution >= 0.6 is 11.3 Å². The molecular weight excluding hydrogens is 504 g/mol. The van der Waals surface area contributed by atoms with Crippen molar-refractivity contribution in [2.75, 3.05) is 24.5 Å². The van der Waals surface area contributed by atoms with Crippen LogP contribution in [-0.4, -0.2) is 53.6 Å². The first-order valence-electron chi connectivity index (χ1n) is 11.9. The van der Waals surface area contributed by atoms with Gasteiger partial charge in [0.2, 0.25) is 5.79 Å². The van der Waals surface area contributed by atoms with Gasteiger partial charge in [0.05, 0.1) is 27.1 Å². The predicted octanol–water partition coefficient (Wildman–Crippen LogP) is -0.987. The number of anilines is 1. The number of pyridine rings is 1. The number of fused-ring (bicyclic) bond motifs is 1. The van der Waals surface area contributed by atoms with Crippen molar-refractivity contribution < 1.29 is 37.9 Å². The summed E-state index contributed by atoms with van der Waals surface area (Å²) in [6.07, 6.45) is 4.33. The summed E-state index contributed by atoms with van der Waals surface area (Å²) >= 11 is 1.43. The number of aliphatic imine (C=N–C) groups is 1. The van der Waals surface area contributed by atoms with E-state index in [4.69, 9.17) is 0 Å². The van der Waals surface area contributed by atoms with E-state index in [1.807, 2.05) is 12.1 Å². The molecule has 0 radical (unpaired) electrons. The van der Waals surface area contributed by atoms with E-state index in [9.17, 15) is 14.7 Å². The van der Waals surface area contributed by atoms with E-state index in [1.165, 1.54) is 28.5 Å². The average Bonchev–Trinajstić information content (AvgIpc) is 3.37. The molecule has 1 fully saturated rings. The molecule has 5 rings (SSSR count). The number of carboxylic acids is 1. The van der Waals surface area contributed by atoms with Gasteiger partial charge in [-0.15, -0.1) is 11.3 Å². The van der Waals surface area contributed by atoms with E-state index in [0.717, 1.165) is 10.3 Å². The van der Waals surface area contributed by atoms with Crippen LogP contribution in [0.5, 0.6) is 0 Å². The Kier molecular flexibility index (Phi) is 8.47. The van der Waals surface area contributed by atoms with Crippen molar-refractivity contribution >= 4 is 45.5 Å². The molecule has 1 aromatic carbocycles. The third-order valence-electron chi connectivity index (χ3n) is 6.59. The van der Waals surface area contributed by atoms with Crippen LogP contribution in [0.4, 0.5) is 14.9 Å². The molecule has 0 aliphatic carbocycles. The second-order valence-corrected chi connectivity index (χ2v) is 9.60. The van der Waals surface area contributed by atoms with Crippen LogP contribution in [0, 0.1) is 11.8 Å². The molecule has 3 aromatic rings. The van der Waals surface area contributed by atoms with Crippen LogP contribution in [0.3, 0.4) is 0 Å². The molecule has 0 spiro atoms. The van der Waals surface area contributed by atoms with E-state index < -0.39 is 35.6 Å². The number of aliphatic carboxylic acids is 1. The van der Waals surface area contributed by atoms with Crippen LogP contribution in [0.25, 0.3) is 21.5 Å². The minimum atomic E-state index is -1.80. The number of halogens is 1. The van der Waals surface area contributed by atoms with Gasteiger partial charge in [0.15, 0.2) is 5.95 Å². The number of carbonyl (C=O) groups is 2. The van der Waals surface area contributed by atoms with Gasteiger partial charge in [-0.25, -0.2) is 14.8 Å². The number of urea groups is 1. The Morgan fingerprint density at radius 1 is 1.32 bits per heavy atom. The first-order chi connectivity index (χ1) is 17.9. The van der Waals surface area contributed by atoms with Gasteiger partial charge < -0.3 is 20.5 Å². The van der Waals surface area contributed by atoms with Gasteiger partial charge in [-0.3, -0.25) is 15.2 Å². The molecule has 0 bridgehead atoms. The SMILES string of the molecule is CCNC(=O)NC1(C2CNCCC2C(=O)[O-])N=CC=C(F)N1c1cc(-c2ccccn2)c2scnc2c1.[Li+]. The zero-order valence-corrected chi connectivity index (χ0v) is 21.8. The fourth-order valence-electron chi connectivity index (χ4n) is 5.00. The van der Waals surface area contributed by atoms with Gasteiger partial charge >= 0.3 is 24.9 Å². The van der Waals surface area contributed by atoms with E-state index in [2.05, 4.69) is 30.9 Å². The summed E-state index contributed by atoms with van der Waals surface area (Å²) in [5.41, 5.74) is 4.03. The van der Waals surface area contributed by atoms with E-state index in [1.54, 1.807) is 36.8 Å². The first-order valence-corrected chi connectivity index (χ1v) is 12.8. The van der Waals surface area contributed by atoms with E-state index >= 15 is 4.39 Å². The summed E-state index contributed by atoms with van der Waals surface area (Å²) in [4.78, 5) is 39.8. The zero-order chi connectivity index (χ0) is 26.0. The number of rotatable bonds is 6. The normalized spacial score (nSPS) is 22.9. The molecule has 4 heterocycles. The Bertz CT molecular complexity index is 1390. The largest absolute Gasteiger partial charge is 1.00 e. The Hall–Kier alpha value is -3.30. The number of hydrogen-bond acceptors (Lipinski definition) is 9. The van der Waals surface area contributed by atoms with Crippen molar-refractivity contribution in [1.82, 2.24) is 25.9 Å². The molecule has 38 heavy (non-hydrogen) atoms. The molecule has 3 N–H and O–H groups in total. The molecule has 10 nitrogen and oxygen atoms in total. The molecule has 3 unspecified atom stereocenters. The van der Waals surface area contributed by atoms with Gasteiger partial charge in [0.25, 0.3) is 0 Å². The summed E-state index contributed by atoms with van der Waals surface area (Å²) in [7, 11) is 0. The quantitative estimate of drug-likeness (QED) is 0.276. The number of nitrogens with one attached hydrogen (secondary N) is 3. The number of carbonyl (C=O) groups excluding carboxylic acids is 2. The van der Waals surface area contributed by atoms with E-state index in [-0.39, 0.29) is 31.8 Å². The number of thiazole rings is 1. The Balaban J connectivity index is 0.00000336. The Morgan fingerprint density at radius 3 is 2.89 bits per heavy atom. The average molecular weight is 530 g/mol. The molecule has 2 aliphatic heterocycles. The third-order valence-corrected chi connectivity index (χ3v) is 7.47. The van der Waals surface area contributed by atoms with E-state index in [0.29, 0.717) is 30.0 Å². The maximum absolute atomic E-state index is 15.9. The second kappa shape index (κ2) is 11.6. The molecule has 0 saturated carbocycles.